The van der Waals surface area contributed by atoms with Gasteiger partial charge < -0.3 is 19.6 Å². The number of anilines is 2. The van der Waals surface area contributed by atoms with Gasteiger partial charge in [-0.15, -0.1) is 0 Å². The van der Waals surface area contributed by atoms with Gasteiger partial charge in [0.1, 0.15) is 18.0 Å². The molecule has 0 spiro atoms. The molecular weight excluding hydrogens is 268 g/mol. The Kier molecular flexibility index (Phi) is 3.99. The van der Waals surface area contributed by atoms with Crippen molar-refractivity contribution in [2.45, 2.75) is 37.9 Å². The molecule has 3 rings (SSSR count). The SMILES string of the molecule is CO[C@H]1CCN(c2cc(N3CCC(C)(O)CC3)ncn2)C1. The third kappa shape index (κ3) is 3.27. The summed E-state index contributed by atoms with van der Waals surface area (Å²) < 4.78 is 5.41. The van der Waals surface area contributed by atoms with Gasteiger partial charge in [-0.3, -0.25) is 0 Å². The second-order valence-corrected chi connectivity index (χ2v) is 6.31. The van der Waals surface area contributed by atoms with Crippen molar-refractivity contribution in [1.29, 1.82) is 0 Å². The van der Waals surface area contributed by atoms with E-state index in [1.54, 1.807) is 13.4 Å². The van der Waals surface area contributed by atoms with Gasteiger partial charge >= 0.3 is 0 Å². The molecule has 2 saturated heterocycles. The normalized spacial score (nSPS) is 25.4. The van der Waals surface area contributed by atoms with Gasteiger partial charge in [0.2, 0.25) is 0 Å². The Morgan fingerprint density at radius 3 is 2.48 bits per heavy atom. The van der Waals surface area contributed by atoms with Crippen molar-refractivity contribution >= 4 is 11.6 Å². The minimum atomic E-state index is -0.535. The lowest BCUT2D eigenvalue weighted by Gasteiger charge is -2.36. The van der Waals surface area contributed by atoms with Crippen LogP contribution in [-0.4, -0.2) is 60.1 Å². The first kappa shape index (κ1) is 14.5. The summed E-state index contributed by atoms with van der Waals surface area (Å²) in [5.41, 5.74) is -0.535. The maximum Gasteiger partial charge on any atom is 0.134 e. The molecule has 0 aromatic carbocycles. The summed E-state index contributed by atoms with van der Waals surface area (Å²) in [5.74, 6) is 1.92. The van der Waals surface area contributed by atoms with Gasteiger partial charge in [0.05, 0.1) is 11.7 Å². The highest BCUT2D eigenvalue weighted by atomic mass is 16.5. The van der Waals surface area contributed by atoms with Crippen LogP contribution in [0.3, 0.4) is 0 Å². The van der Waals surface area contributed by atoms with Crippen LogP contribution in [0.5, 0.6) is 0 Å². The van der Waals surface area contributed by atoms with Gasteiger partial charge in [-0.25, -0.2) is 9.97 Å². The number of hydrogen-bond acceptors (Lipinski definition) is 6. The topological polar surface area (TPSA) is 61.7 Å². The Hall–Kier alpha value is -1.40. The van der Waals surface area contributed by atoms with Crippen molar-refractivity contribution in [1.82, 2.24) is 9.97 Å². The number of aliphatic hydroxyl groups is 1. The van der Waals surface area contributed by atoms with E-state index >= 15 is 0 Å². The van der Waals surface area contributed by atoms with Crippen LogP contribution in [0.15, 0.2) is 12.4 Å². The van der Waals surface area contributed by atoms with Crippen LogP contribution in [-0.2, 0) is 4.74 Å². The number of hydrogen-bond donors (Lipinski definition) is 1. The van der Waals surface area contributed by atoms with Crippen LogP contribution in [0, 0.1) is 0 Å². The fourth-order valence-corrected chi connectivity index (χ4v) is 3.03. The third-order valence-corrected chi connectivity index (χ3v) is 4.61. The summed E-state index contributed by atoms with van der Waals surface area (Å²) in [6.07, 6.45) is 4.54. The first-order chi connectivity index (χ1) is 10.1. The van der Waals surface area contributed by atoms with E-state index in [4.69, 9.17) is 4.74 Å². The van der Waals surface area contributed by atoms with Crippen LogP contribution in [0.1, 0.15) is 26.2 Å². The number of aromatic nitrogens is 2. The van der Waals surface area contributed by atoms with Gasteiger partial charge in [0, 0.05) is 39.4 Å². The molecule has 1 atom stereocenters. The summed E-state index contributed by atoms with van der Waals surface area (Å²) in [5, 5.41) is 10.0. The van der Waals surface area contributed by atoms with E-state index in [2.05, 4.69) is 25.8 Å². The summed E-state index contributed by atoms with van der Waals surface area (Å²) >= 11 is 0. The molecule has 2 aliphatic rings. The minimum absolute atomic E-state index is 0.300. The largest absolute Gasteiger partial charge is 0.390 e. The molecule has 0 unspecified atom stereocenters. The Morgan fingerprint density at radius 1 is 1.19 bits per heavy atom. The van der Waals surface area contributed by atoms with Gasteiger partial charge in [-0.2, -0.15) is 0 Å². The first-order valence-electron chi connectivity index (χ1n) is 7.64. The lowest BCUT2D eigenvalue weighted by molar-refractivity contribution is 0.0350. The number of piperidine rings is 1. The summed E-state index contributed by atoms with van der Waals surface area (Å²) in [7, 11) is 1.76. The predicted molar refractivity (Wildman–Crippen MR) is 81.7 cm³/mol. The first-order valence-corrected chi connectivity index (χ1v) is 7.64. The van der Waals surface area contributed by atoms with Crippen LogP contribution in [0.4, 0.5) is 11.6 Å². The zero-order chi connectivity index (χ0) is 14.9. The average Bonchev–Trinajstić information content (AvgIpc) is 2.96. The molecule has 0 amide bonds. The van der Waals surface area contributed by atoms with Gasteiger partial charge in [0.25, 0.3) is 0 Å². The fourth-order valence-electron chi connectivity index (χ4n) is 3.03. The molecule has 21 heavy (non-hydrogen) atoms. The summed E-state index contributed by atoms with van der Waals surface area (Å²) in [6, 6.07) is 2.05. The zero-order valence-corrected chi connectivity index (χ0v) is 12.8. The number of nitrogens with zero attached hydrogens (tertiary/aromatic N) is 4. The number of methoxy groups -OCH3 is 1. The Bertz CT molecular complexity index is 484. The summed E-state index contributed by atoms with van der Waals surface area (Å²) in [6.45, 7) is 5.45. The predicted octanol–water partition coefficient (Wildman–Crippen LogP) is 1.05. The molecule has 0 bridgehead atoms. The fraction of sp³-hybridized carbons (Fsp3) is 0.733. The molecule has 116 valence electrons. The molecule has 1 aromatic rings. The monoisotopic (exact) mass is 292 g/mol. The molecule has 1 aromatic heterocycles. The van der Waals surface area contributed by atoms with Crippen LogP contribution >= 0.6 is 0 Å². The molecule has 2 fully saturated rings. The van der Waals surface area contributed by atoms with Gasteiger partial charge in [-0.1, -0.05) is 0 Å². The molecule has 2 aliphatic heterocycles. The van der Waals surface area contributed by atoms with Crippen molar-refractivity contribution in [3.05, 3.63) is 12.4 Å². The lowest BCUT2D eigenvalue weighted by Crippen LogP contribution is -2.42. The van der Waals surface area contributed by atoms with Crippen LogP contribution in [0.25, 0.3) is 0 Å². The Morgan fingerprint density at radius 2 is 1.86 bits per heavy atom. The molecular formula is C15H24N4O2. The van der Waals surface area contributed by atoms with Crippen molar-refractivity contribution in [3.63, 3.8) is 0 Å². The molecule has 0 saturated carbocycles. The smallest absolute Gasteiger partial charge is 0.134 e. The molecule has 6 nitrogen and oxygen atoms in total. The van der Waals surface area contributed by atoms with Crippen molar-refractivity contribution in [2.24, 2.45) is 0 Å². The zero-order valence-electron chi connectivity index (χ0n) is 12.8. The quantitative estimate of drug-likeness (QED) is 0.898. The molecule has 3 heterocycles. The average molecular weight is 292 g/mol. The highest BCUT2D eigenvalue weighted by Gasteiger charge is 2.29. The molecule has 0 aliphatic carbocycles. The second kappa shape index (κ2) is 5.77. The van der Waals surface area contributed by atoms with Crippen molar-refractivity contribution in [2.75, 3.05) is 43.1 Å². The number of ether oxygens (including phenoxy) is 1. The maximum absolute atomic E-state index is 10.0. The van der Waals surface area contributed by atoms with Crippen molar-refractivity contribution in [3.8, 4) is 0 Å². The van der Waals surface area contributed by atoms with Crippen LogP contribution < -0.4 is 9.80 Å². The van der Waals surface area contributed by atoms with Crippen LogP contribution in [0.2, 0.25) is 0 Å². The summed E-state index contributed by atoms with van der Waals surface area (Å²) in [4.78, 5) is 13.3. The van der Waals surface area contributed by atoms with E-state index in [9.17, 15) is 5.11 Å². The lowest BCUT2D eigenvalue weighted by atomic mass is 9.94. The van der Waals surface area contributed by atoms with E-state index in [1.165, 1.54) is 0 Å². The maximum atomic E-state index is 10.0. The van der Waals surface area contributed by atoms with Gasteiger partial charge in [-0.05, 0) is 26.2 Å². The van der Waals surface area contributed by atoms with E-state index in [1.807, 2.05) is 6.92 Å². The minimum Gasteiger partial charge on any atom is -0.390 e. The van der Waals surface area contributed by atoms with E-state index in [0.29, 0.717) is 6.10 Å². The highest BCUT2D eigenvalue weighted by molar-refractivity contribution is 5.51. The molecule has 1 N–H and O–H groups in total. The molecule has 0 radical (unpaired) electrons. The second-order valence-electron chi connectivity index (χ2n) is 6.31. The van der Waals surface area contributed by atoms with E-state index < -0.39 is 5.60 Å². The standard InChI is InChI=1S/C15H24N4O2/c1-15(20)4-7-18(8-5-15)13-9-14(17-11-16-13)19-6-3-12(10-19)21-2/h9,11-12,20H,3-8,10H2,1-2H3/t12-/m0/s1. The van der Waals surface area contributed by atoms with E-state index in [0.717, 1.165) is 57.1 Å². The molecule has 6 heteroatoms. The Labute approximate surface area is 125 Å². The number of rotatable bonds is 3. The highest BCUT2D eigenvalue weighted by Crippen LogP contribution is 2.27. The van der Waals surface area contributed by atoms with Gasteiger partial charge in [0.15, 0.2) is 0 Å². The third-order valence-electron chi connectivity index (χ3n) is 4.61. The van der Waals surface area contributed by atoms with E-state index in [-0.39, 0.29) is 0 Å². The Balaban J connectivity index is 1.69. The van der Waals surface area contributed by atoms with Crippen molar-refractivity contribution < 1.29 is 9.84 Å².